The van der Waals surface area contributed by atoms with E-state index < -0.39 is 6.04 Å². The lowest BCUT2D eigenvalue weighted by Gasteiger charge is -2.17. The van der Waals surface area contributed by atoms with Gasteiger partial charge < -0.3 is 20.1 Å². The Hall–Kier alpha value is -2.11. The average Bonchev–Trinajstić information content (AvgIpc) is 2.55. The molecular weight excluding hydrogens is 351 g/mol. The molecule has 0 fully saturated rings. The number of rotatable bonds is 6. The molecule has 0 saturated heterocycles. The summed E-state index contributed by atoms with van der Waals surface area (Å²) in [6.45, 7) is 1.74. The van der Waals surface area contributed by atoms with Gasteiger partial charge in [-0.3, -0.25) is 4.79 Å². The van der Waals surface area contributed by atoms with Crippen LogP contribution in [0.1, 0.15) is 6.92 Å². The second kappa shape index (κ2) is 8.13. The summed E-state index contributed by atoms with van der Waals surface area (Å²) in [5, 5.41) is 6.84. The fraction of sp³-hybridized carbons (Fsp3) is 0.235. The predicted octanol–water partition coefficient (Wildman–Crippen LogP) is 4.45. The summed E-state index contributed by atoms with van der Waals surface area (Å²) in [6, 6.07) is 9.73. The van der Waals surface area contributed by atoms with E-state index in [0.29, 0.717) is 32.9 Å². The first-order valence-corrected chi connectivity index (χ1v) is 7.94. The van der Waals surface area contributed by atoms with Gasteiger partial charge in [-0.25, -0.2) is 0 Å². The van der Waals surface area contributed by atoms with Crippen molar-refractivity contribution in [2.45, 2.75) is 13.0 Å². The molecule has 0 aromatic heterocycles. The molecule has 128 valence electrons. The van der Waals surface area contributed by atoms with Crippen LogP contribution in [-0.4, -0.2) is 26.2 Å². The number of ether oxygens (including phenoxy) is 2. The molecule has 0 unspecified atom stereocenters. The second-order valence-corrected chi connectivity index (χ2v) is 5.89. The molecule has 0 aliphatic rings. The molecule has 0 radical (unpaired) electrons. The van der Waals surface area contributed by atoms with Gasteiger partial charge in [-0.05, 0) is 43.3 Å². The highest BCUT2D eigenvalue weighted by Crippen LogP contribution is 2.29. The van der Waals surface area contributed by atoms with Gasteiger partial charge in [-0.15, -0.1) is 0 Å². The molecule has 2 N–H and O–H groups in total. The summed E-state index contributed by atoms with van der Waals surface area (Å²) in [5.41, 5.74) is 1.22. The van der Waals surface area contributed by atoms with Crippen molar-refractivity contribution >= 4 is 40.5 Å². The molecule has 7 heteroatoms. The maximum absolute atomic E-state index is 12.4. The first-order valence-electron chi connectivity index (χ1n) is 7.19. The van der Waals surface area contributed by atoms with Crippen LogP contribution in [0.4, 0.5) is 11.4 Å². The largest absolute Gasteiger partial charge is 0.495 e. The molecular formula is C17H18Cl2N2O3. The van der Waals surface area contributed by atoms with E-state index in [1.54, 1.807) is 50.4 Å². The van der Waals surface area contributed by atoms with Crippen molar-refractivity contribution in [2.24, 2.45) is 0 Å². The highest BCUT2D eigenvalue weighted by Gasteiger charge is 2.16. The number of methoxy groups -OCH3 is 2. The fourth-order valence-electron chi connectivity index (χ4n) is 2.09. The number of halogens is 2. The van der Waals surface area contributed by atoms with Crippen molar-refractivity contribution in [1.82, 2.24) is 0 Å². The van der Waals surface area contributed by atoms with Gasteiger partial charge in [-0.2, -0.15) is 0 Å². The number of hydrogen-bond donors (Lipinski definition) is 2. The first kappa shape index (κ1) is 18.2. The van der Waals surface area contributed by atoms with E-state index in [0.717, 1.165) is 0 Å². The Kier molecular flexibility index (Phi) is 6.17. The lowest BCUT2D eigenvalue weighted by atomic mass is 10.2. The maximum Gasteiger partial charge on any atom is 0.246 e. The standard InChI is InChI=1S/C17H18Cl2N2O3/c1-10(20-12-5-7-15(23-2)13(19)9-12)17(22)21-14-8-11(18)4-6-16(14)24-3/h4-10,20H,1-3H3,(H,21,22)/t10-/m1/s1. The van der Waals surface area contributed by atoms with Gasteiger partial charge in [0.05, 0.1) is 24.9 Å². The molecule has 5 nitrogen and oxygen atoms in total. The monoisotopic (exact) mass is 368 g/mol. The summed E-state index contributed by atoms with van der Waals surface area (Å²) in [5.74, 6) is 0.873. The Balaban J connectivity index is 2.07. The molecule has 0 saturated carbocycles. The zero-order valence-electron chi connectivity index (χ0n) is 13.5. The summed E-state index contributed by atoms with van der Waals surface area (Å²) in [7, 11) is 3.07. The number of carbonyl (C=O) groups excluding carboxylic acids is 1. The first-order chi connectivity index (χ1) is 11.4. The minimum absolute atomic E-state index is 0.234. The zero-order valence-corrected chi connectivity index (χ0v) is 15.0. The van der Waals surface area contributed by atoms with E-state index in [1.165, 1.54) is 7.11 Å². The van der Waals surface area contributed by atoms with Crippen molar-refractivity contribution in [3.05, 3.63) is 46.4 Å². The Bertz CT molecular complexity index is 738. The normalized spacial score (nSPS) is 11.5. The van der Waals surface area contributed by atoms with Gasteiger partial charge in [0.1, 0.15) is 17.5 Å². The Morgan fingerprint density at radius 2 is 1.71 bits per heavy atom. The summed E-state index contributed by atoms with van der Waals surface area (Å²) in [6.07, 6.45) is 0. The molecule has 0 aliphatic carbocycles. The Morgan fingerprint density at radius 3 is 2.33 bits per heavy atom. The molecule has 1 amide bonds. The van der Waals surface area contributed by atoms with E-state index in [4.69, 9.17) is 32.7 Å². The molecule has 2 aromatic carbocycles. The molecule has 0 spiro atoms. The third kappa shape index (κ3) is 4.46. The summed E-state index contributed by atoms with van der Waals surface area (Å²) < 4.78 is 10.3. The van der Waals surface area contributed by atoms with Crippen LogP contribution in [0.15, 0.2) is 36.4 Å². The van der Waals surface area contributed by atoms with Crippen molar-refractivity contribution in [2.75, 3.05) is 24.9 Å². The molecule has 0 heterocycles. The molecule has 2 aromatic rings. The predicted molar refractivity (Wildman–Crippen MR) is 97.7 cm³/mol. The highest BCUT2D eigenvalue weighted by atomic mass is 35.5. The van der Waals surface area contributed by atoms with E-state index in [2.05, 4.69) is 10.6 Å². The van der Waals surface area contributed by atoms with Crippen LogP contribution in [0, 0.1) is 0 Å². The number of hydrogen-bond acceptors (Lipinski definition) is 4. The van der Waals surface area contributed by atoms with Crippen LogP contribution in [0.5, 0.6) is 11.5 Å². The van der Waals surface area contributed by atoms with Crippen LogP contribution in [0.25, 0.3) is 0 Å². The van der Waals surface area contributed by atoms with Crippen LogP contribution in [-0.2, 0) is 4.79 Å². The average molecular weight is 369 g/mol. The van der Waals surface area contributed by atoms with Crippen molar-refractivity contribution in [3.8, 4) is 11.5 Å². The van der Waals surface area contributed by atoms with Crippen LogP contribution < -0.4 is 20.1 Å². The van der Waals surface area contributed by atoms with E-state index in [-0.39, 0.29) is 5.91 Å². The van der Waals surface area contributed by atoms with Gasteiger partial charge in [0, 0.05) is 10.7 Å². The molecule has 24 heavy (non-hydrogen) atoms. The Morgan fingerprint density at radius 1 is 1.04 bits per heavy atom. The SMILES string of the molecule is COc1ccc(N[C@H](C)C(=O)Nc2cc(Cl)ccc2OC)cc1Cl. The molecule has 2 rings (SSSR count). The van der Waals surface area contributed by atoms with Gasteiger partial charge in [0.15, 0.2) is 0 Å². The lowest BCUT2D eigenvalue weighted by molar-refractivity contribution is -0.116. The highest BCUT2D eigenvalue weighted by molar-refractivity contribution is 6.32. The van der Waals surface area contributed by atoms with Crippen LogP contribution in [0.2, 0.25) is 10.0 Å². The quantitative estimate of drug-likeness (QED) is 0.790. The van der Waals surface area contributed by atoms with E-state index in [9.17, 15) is 4.79 Å². The summed E-state index contributed by atoms with van der Waals surface area (Å²) in [4.78, 5) is 12.4. The topological polar surface area (TPSA) is 59.6 Å². The fourth-order valence-corrected chi connectivity index (χ4v) is 2.52. The number of anilines is 2. The number of amides is 1. The lowest BCUT2D eigenvalue weighted by Crippen LogP contribution is -2.32. The van der Waals surface area contributed by atoms with Gasteiger partial charge in [0.2, 0.25) is 5.91 Å². The van der Waals surface area contributed by atoms with E-state index >= 15 is 0 Å². The molecule has 1 atom stereocenters. The molecule has 0 aliphatic heterocycles. The minimum Gasteiger partial charge on any atom is -0.495 e. The summed E-state index contributed by atoms with van der Waals surface area (Å²) >= 11 is 12.0. The van der Waals surface area contributed by atoms with Crippen LogP contribution in [0.3, 0.4) is 0 Å². The van der Waals surface area contributed by atoms with Gasteiger partial charge in [-0.1, -0.05) is 23.2 Å². The maximum atomic E-state index is 12.4. The van der Waals surface area contributed by atoms with E-state index in [1.807, 2.05) is 0 Å². The molecule has 0 bridgehead atoms. The van der Waals surface area contributed by atoms with Crippen molar-refractivity contribution < 1.29 is 14.3 Å². The smallest absolute Gasteiger partial charge is 0.246 e. The van der Waals surface area contributed by atoms with Crippen molar-refractivity contribution in [3.63, 3.8) is 0 Å². The van der Waals surface area contributed by atoms with Gasteiger partial charge >= 0.3 is 0 Å². The third-order valence-corrected chi connectivity index (χ3v) is 3.88. The minimum atomic E-state index is -0.502. The number of nitrogens with one attached hydrogen (secondary N) is 2. The van der Waals surface area contributed by atoms with Gasteiger partial charge in [0.25, 0.3) is 0 Å². The second-order valence-electron chi connectivity index (χ2n) is 5.05. The third-order valence-electron chi connectivity index (χ3n) is 3.35. The Labute approximate surface area is 150 Å². The number of carbonyl (C=O) groups is 1. The van der Waals surface area contributed by atoms with Crippen molar-refractivity contribution in [1.29, 1.82) is 0 Å². The zero-order chi connectivity index (χ0) is 17.7. The number of benzene rings is 2. The van der Waals surface area contributed by atoms with Crippen LogP contribution >= 0.6 is 23.2 Å².